The van der Waals surface area contributed by atoms with Gasteiger partial charge in [0, 0.05) is 6.42 Å². The van der Waals surface area contributed by atoms with Gasteiger partial charge in [-0.05, 0) is 65.2 Å². The van der Waals surface area contributed by atoms with Gasteiger partial charge in [-0.2, -0.15) is 5.26 Å². The Labute approximate surface area is 158 Å². The molecule has 0 saturated heterocycles. The summed E-state index contributed by atoms with van der Waals surface area (Å²) in [5, 5.41) is 20.8. The molecule has 136 valence electrons. The molecule has 4 rings (SSSR count). The van der Waals surface area contributed by atoms with E-state index < -0.39 is 10.0 Å². The van der Waals surface area contributed by atoms with Gasteiger partial charge in [0.2, 0.25) is 10.0 Å². The summed E-state index contributed by atoms with van der Waals surface area (Å²) < 4.78 is 27.1. The van der Waals surface area contributed by atoms with Crippen molar-refractivity contribution >= 4 is 26.5 Å². The van der Waals surface area contributed by atoms with E-state index >= 15 is 0 Å². The van der Waals surface area contributed by atoms with Crippen LogP contribution in [0.5, 0.6) is 5.75 Å². The Bertz CT molecular complexity index is 1200. The molecule has 0 amide bonds. The Balaban J connectivity index is 1.87. The van der Waals surface area contributed by atoms with Crippen molar-refractivity contribution in [2.45, 2.75) is 19.4 Å². The van der Waals surface area contributed by atoms with Crippen LogP contribution < -0.4 is 4.31 Å². The zero-order chi connectivity index (χ0) is 19.2. The lowest BCUT2D eigenvalue weighted by Gasteiger charge is -2.27. The van der Waals surface area contributed by atoms with Crippen LogP contribution in [0.15, 0.2) is 54.6 Å². The second-order valence-corrected chi connectivity index (χ2v) is 8.80. The van der Waals surface area contributed by atoms with E-state index in [9.17, 15) is 13.5 Å². The van der Waals surface area contributed by atoms with Crippen molar-refractivity contribution in [3.63, 3.8) is 0 Å². The van der Waals surface area contributed by atoms with Crippen molar-refractivity contribution in [1.29, 1.82) is 5.26 Å². The van der Waals surface area contributed by atoms with Crippen molar-refractivity contribution < 1.29 is 13.5 Å². The van der Waals surface area contributed by atoms with Gasteiger partial charge in [-0.3, -0.25) is 4.31 Å². The van der Waals surface area contributed by atoms with E-state index in [-0.39, 0.29) is 17.5 Å². The van der Waals surface area contributed by atoms with Gasteiger partial charge in [0.15, 0.2) is 0 Å². The molecule has 0 bridgehead atoms. The monoisotopic (exact) mass is 378 g/mol. The quantitative estimate of drug-likeness (QED) is 0.750. The van der Waals surface area contributed by atoms with Gasteiger partial charge in [0.1, 0.15) is 5.75 Å². The average Bonchev–Trinajstić information content (AvgIpc) is 3.06. The molecule has 1 N–H and O–H groups in total. The van der Waals surface area contributed by atoms with Crippen LogP contribution in [-0.2, 0) is 16.4 Å². The number of hydrogen-bond donors (Lipinski definition) is 1. The van der Waals surface area contributed by atoms with Crippen molar-refractivity contribution in [3.8, 4) is 11.8 Å². The summed E-state index contributed by atoms with van der Waals surface area (Å²) in [5.74, 6) is 0.121. The van der Waals surface area contributed by atoms with Gasteiger partial charge in [-0.1, -0.05) is 18.2 Å². The topological polar surface area (TPSA) is 81.4 Å². The van der Waals surface area contributed by atoms with Gasteiger partial charge in [0.05, 0.1) is 29.1 Å². The Morgan fingerprint density at radius 3 is 2.63 bits per heavy atom. The molecule has 0 radical (unpaired) electrons. The fraction of sp³-hybridized carbons (Fsp3) is 0.190. The predicted molar refractivity (Wildman–Crippen MR) is 105 cm³/mol. The van der Waals surface area contributed by atoms with E-state index in [1.807, 2.05) is 30.3 Å². The molecule has 0 unspecified atom stereocenters. The molecule has 5 nitrogen and oxygen atoms in total. The van der Waals surface area contributed by atoms with Gasteiger partial charge < -0.3 is 5.11 Å². The fourth-order valence-electron chi connectivity index (χ4n) is 3.69. The van der Waals surface area contributed by atoms with Crippen LogP contribution in [-0.4, -0.2) is 19.3 Å². The van der Waals surface area contributed by atoms with Crippen LogP contribution in [0.2, 0.25) is 0 Å². The fourth-order valence-corrected chi connectivity index (χ4v) is 5.03. The molecule has 27 heavy (non-hydrogen) atoms. The molecule has 3 aromatic carbocycles. The number of sulfonamides is 1. The standard InChI is InChI=1S/C21H18N2O3S/c1-2-27(25,26)23-20-8-7-19(24)11-18(20)12-21(23)16-6-5-15-4-3-14(13-22)9-17(15)10-16/h3-11,21,24H,2,12H2,1H3/t21-/m1/s1. The van der Waals surface area contributed by atoms with E-state index in [4.69, 9.17) is 5.26 Å². The summed E-state index contributed by atoms with van der Waals surface area (Å²) in [6, 6.07) is 17.9. The Hall–Kier alpha value is -3.04. The van der Waals surface area contributed by atoms with Gasteiger partial charge in [-0.25, -0.2) is 8.42 Å². The van der Waals surface area contributed by atoms with E-state index in [0.717, 1.165) is 21.9 Å². The highest BCUT2D eigenvalue weighted by Gasteiger charge is 2.37. The maximum absolute atomic E-state index is 12.8. The number of phenolic OH excluding ortho intramolecular Hbond substituents is 1. The third kappa shape index (κ3) is 2.90. The molecular formula is C21H18N2O3S. The highest BCUT2D eigenvalue weighted by atomic mass is 32.2. The SMILES string of the molecule is CCS(=O)(=O)N1c2ccc(O)cc2C[C@@H]1c1ccc2ccc(C#N)cc2c1. The lowest BCUT2D eigenvalue weighted by atomic mass is 9.98. The largest absolute Gasteiger partial charge is 0.508 e. The molecule has 0 aliphatic carbocycles. The summed E-state index contributed by atoms with van der Waals surface area (Å²) in [5.41, 5.74) is 2.86. The summed E-state index contributed by atoms with van der Waals surface area (Å²) in [7, 11) is -3.49. The van der Waals surface area contributed by atoms with E-state index in [0.29, 0.717) is 17.7 Å². The first-order chi connectivity index (χ1) is 12.9. The Kier molecular flexibility index (Phi) is 4.05. The minimum absolute atomic E-state index is 0.00399. The minimum atomic E-state index is -3.49. The first kappa shape index (κ1) is 17.4. The number of nitriles is 1. The summed E-state index contributed by atoms with van der Waals surface area (Å²) in [4.78, 5) is 0. The summed E-state index contributed by atoms with van der Waals surface area (Å²) in [6.45, 7) is 1.63. The molecule has 1 atom stereocenters. The number of fused-ring (bicyclic) bond motifs is 2. The van der Waals surface area contributed by atoms with Crippen LogP contribution >= 0.6 is 0 Å². The first-order valence-electron chi connectivity index (χ1n) is 8.71. The van der Waals surface area contributed by atoms with Crippen molar-refractivity contribution in [3.05, 3.63) is 71.3 Å². The van der Waals surface area contributed by atoms with Crippen LogP contribution in [0.4, 0.5) is 5.69 Å². The van der Waals surface area contributed by atoms with Gasteiger partial charge in [-0.15, -0.1) is 0 Å². The van der Waals surface area contributed by atoms with E-state index in [1.165, 1.54) is 10.4 Å². The molecule has 0 aromatic heterocycles. The third-order valence-electron chi connectivity index (χ3n) is 5.04. The highest BCUT2D eigenvalue weighted by molar-refractivity contribution is 7.92. The first-order valence-corrected chi connectivity index (χ1v) is 10.3. The van der Waals surface area contributed by atoms with E-state index in [2.05, 4.69) is 6.07 Å². The lowest BCUT2D eigenvalue weighted by Crippen LogP contribution is -2.33. The average molecular weight is 378 g/mol. The zero-order valence-electron chi connectivity index (χ0n) is 14.8. The van der Waals surface area contributed by atoms with Crippen molar-refractivity contribution in [1.82, 2.24) is 0 Å². The lowest BCUT2D eigenvalue weighted by molar-refractivity contribution is 0.475. The highest BCUT2D eigenvalue weighted by Crippen LogP contribution is 2.44. The number of benzene rings is 3. The van der Waals surface area contributed by atoms with Crippen molar-refractivity contribution in [2.75, 3.05) is 10.1 Å². The Morgan fingerprint density at radius 1 is 1.11 bits per heavy atom. The Morgan fingerprint density at radius 2 is 1.89 bits per heavy atom. The zero-order valence-corrected chi connectivity index (χ0v) is 15.6. The minimum Gasteiger partial charge on any atom is -0.508 e. The number of phenols is 1. The van der Waals surface area contributed by atoms with Crippen LogP contribution in [0.1, 0.15) is 29.7 Å². The maximum atomic E-state index is 12.8. The predicted octanol–water partition coefficient (Wildman–Crippen LogP) is 3.87. The molecule has 6 heteroatoms. The molecule has 0 fully saturated rings. The molecular weight excluding hydrogens is 360 g/mol. The second-order valence-electron chi connectivity index (χ2n) is 6.66. The molecule has 1 aliphatic heterocycles. The second kappa shape index (κ2) is 6.29. The van der Waals surface area contributed by atoms with E-state index in [1.54, 1.807) is 25.1 Å². The molecule has 1 aliphatic rings. The van der Waals surface area contributed by atoms with Gasteiger partial charge in [0.25, 0.3) is 0 Å². The third-order valence-corrected chi connectivity index (χ3v) is 6.82. The van der Waals surface area contributed by atoms with Gasteiger partial charge >= 0.3 is 0 Å². The number of aromatic hydroxyl groups is 1. The number of hydrogen-bond acceptors (Lipinski definition) is 4. The van der Waals surface area contributed by atoms with Crippen LogP contribution in [0.25, 0.3) is 10.8 Å². The van der Waals surface area contributed by atoms with Crippen LogP contribution in [0.3, 0.4) is 0 Å². The smallest absolute Gasteiger partial charge is 0.235 e. The maximum Gasteiger partial charge on any atom is 0.235 e. The molecule has 3 aromatic rings. The molecule has 0 saturated carbocycles. The summed E-state index contributed by atoms with van der Waals surface area (Å²) in [6.07, 6.45) is 0.492. The number of nitrogens with zero attached hydrogens (tertiary/aromatic N) is 2. The number of rotatable bonds is 3. The summed E-state index contributed by atoms with van der Waals surface area (Å²) >= 11 is 0. The molecule has 0 spiro atoms. The molecule has 1 heterocycles. The normalized spacial score (nSPS) is 16.3. The van der Waals surface area contributed by atoms with Crippen LogP contribution in [0, 0.1) is 11.3 Å². The van der Waals surface area contributed by atoms with Crippen molar-refractivity contribution in [2.24, 2.45) is 0 Å². The number of anilines is 1.